The predicted octanol–water partition coefficient (Wildman–Crippen LogP) is 1.95. The monoisotopic (exact) mass is 261 g/mol. The van der Waals surface area contributed by atoms with E-state index >= 15 is 0 Å². The highest BCUT2D eigenvalue weighted by Gasteiger charge is 2.31. The third-order valence-electron chi connectivity index (χ3n) is 3.86. The zero-order valence-electron chi connectivity index (χ0n) is 11.9. The molecule has 104 valence electrons. The Bertz CT molecular complexity index is 443. The van der Waals surface area contributed by atoms with Crippen LogP contribution in [0.25, 0.3) is 0 Å². The summed E-state index contributed by atoms with van der Waals surface area (Å²) in [4.78, 5) is 7.16. The molecule has 2 heterocycles. The molecule has 0 amide bonds. The largest absolute Gasteiger partial charge is 0.377 e. The fourth-order valence-corrected chi connectivity index (χ4v) is 2.54. The first kappa shape index (κ1) is 12.9. The summed E-state index contributed by atoms with van der Waals surface area (Å²) in [5.74, 6) is 1.07. The molecule has 4 heteroatoms. The van der Waals surface area contributed by atoms with Gasteiger partial charge in [0.25, 0.3) is 0 Å². The molecule has 3 rings (SSSR count). The summed E-state index contributed by atoms with van der Waals surface area (Å²) < 4.78 is 5.57. The van der Waals surface area contributed by atoms with Crippen molar-refractivity contribution >= 4 is 5.82 Å². The molecular weight excluding hydrogens is 238 g/mol. The highest BCUT2D eigenvalue weighted by atomic mass is 16.5. The van der Waals surface area contributed by atoms with E-state index in [1.807, 2.05) is 0 Å². The van der Waals surface area contributed by atoms with Gasteiger partial charge in [0.1, 0.15) is 5.82 Å². The molecule has 0 spiro atoms. The summed E-state index contributed by atoms with van der Waals surface area (Å²) in [6.45, 7) is 7.77. The van der Waals surface area contributed by atoms with Crippen LogP contribution in [-0.4, -0.2) is 36.3 Å². The highest BCUT2D eigenvalue weighted by Crippen LogP contribution is 2.25. The number of nitrogens with zero attached hydrogens (tertiary/aromatic N) is 2. The minimum atomic E-state index is 0.0216. The van der Waals surface area contributed by atoms with Crippen molar-refractivity contribution in [2.24, 2.45) is 0 Å². The number of rotatable bonds is 4. The van der Waals surface area contributed by atoms with Crippen LogP contribution in [0.4, 0.5) is 5.82 Å². The van der Waals surface area contributed by atoms with Crippen LogP contribution in [0.3, 0.4) is 0 Å². The lowest BCUT2D eigenvalue weighted by Crippen LogP contribution is -2.53. The minimum Gasteiger partial charge on any atom is -0.377 e. The van der Waals surface area contributed by atoms with Crippen LogP contribution in [-0.2, 0) is 11.3 Å². The number of hydrogen-bond donors (Lipinski definition) is 1. The first-order valence-corrected chi connectivity index (χ1v) is 7.20. The van der Waals surface area contributed by atoms with Gasteiger partial charge in [0, 0.05) is 19.1 Å². The molecular formula is C15H23N3O. The Hall–Kier alpha value is -1.13. The molecule has 2 aliphatic rings. The molecule has 0 aromatic carbocycles. The standard InChI is InChI=1S/C15H23N3O/c1-15(2)11-19-9-8-18(15)14-5-3-4-13(17-14)10-16-12-6-7-12/h3-5,12,16H,6-11H2,1-2H3. The van der Waals surface area contributed by atoms with Crippen molar-refractivity contribution in [2.75, 3.05) is 24.7 Å². The maximum absolute atomic E-state index is 5.57. The third-order valence-corrected chi connectivity index (χ3v) is 3.86. The van der Waals surface area contributed by atoms with E-state index in [2.05, 4.69) is 42.3 Å². The second-order valence-electron chi connectivity index (χ2n) is 6.16. The van der Waals surface area contributed by atoms with Gasteiger partial charge in [0.05, 0.1) is 24.4 Å². The lowest BCUT2D eigenvalue weighted by molar-refractivity contribution is 0.0639. The van der Waals surface area contributed by atoms with Crippen LogP contribution in [0.2, 0.25) is 0 Å². The third kappa shape index (κ3) is 3.07. The Balaban J connectivity index is 1.73. The van der Waals surface area contributed by atoms with Crippen molar-refractivity contribution in [3.05, 3.63) is 23.9 Å². The fraction of sp³-hybridized carbons (Fsp3) is 0.667. The van der Waals surface area contributed by atoms with Gasteiger partial charge in [-0.25, -0.2) is 4.98 Å². The number of ether oxygens (including phenoxy) is 1. The van der Waals surface area contributed by atoms with Crippen LogP contribution >= 0.6 is 0 Å². The van der Waals surface area contributed by atoms with E-state index in [9.17, 15) is 0 Å². The van der Waals surface area contributed by atoms with Crippen LogP contribution in [0, 0.1) is 0 Å². The van der Waals surface area contributed by atoms with Gasteiger partial charge in [0.2, 0.25) is 0 Å². The second kappa shape index (κ2) is 5.10. The number of aromatic nitrogens is 1. The Morgan fingerprint density at radius 3 is 3.00 bits per heavy atom. The molecule has 1 aromatic heterocycles. The van der Waals surface area contributed by atoms with Gasteiger partial charge in [-0.15, -0.1) is 0 Å². The zero-order valence-corrected chi connectivity index (χ0v) is 11.9. The van der Waals surface area contributed by atoms with Gasteiger partial charge in [0.15, 0.2) is 0 Å². The number of morpholine rings is 1. The van der Waals surface area contributed by atoms with Crippen LogP contribution < -0.4 is 10.2 Å². The highest BCUT2D eigenvalue weighted by molar-refractivity contribution is 5.43. The van der Waals surface area contributed by atoms with Gasteiger partial charge in [-0.1, -0.05) is 6.07 Å². The minimum absolute atomic E-state index is 0.0216. The van der Waals surface area contributed by atoms with E-state index in [1.54, 1.807) is 0 Å². The summed E-state index contributed by atoms with van der Waals surface area (Å²) in [6.07, 6.45) is 2.63. The van der Waals surface area contributed by atoms with Gasteiger partial charge in [-0.2, -0.15) is 0 Å². The quantitative estimate of drug-likeness (QED) is 0.899. The summed E-state index contributed by atoms with van der Waals surface area (Å²) in [5, 5.41) is 3.52. The van der Waals surface area contributed by atoms with Crippen LogP contribution in [0.15, 0.2) is 18.2 Å². The van der Waals surface area contributed by atoms with Crippen molar-refractivity contribution in [3.8, 4) is 0 Å². The molecule has 1 N–H and O–H groups in total. The molecule has 0 atom stereocenters. The molecule has 4 nitrogen and oxygen atoms in total. The van der Waals surface area contributed by atoms with Gasteiger partial charge in [-0.3, -0.25) is 0 Å². The first-order valence-electron chi connectivity index (χ1n) is 7.20. The summed E-state index contributed by atoms with van der Waals surface area (Å²) in [7, 11) is 0. The van der Waals surface area contributed by atoms with E-state index in [0.717, 1.165) is 43.9 Å². The Labute approximate surface area is 115 Å². The fourth-order valence-electron chi connectivity index (χ4n) is 2.54. The van der Waals surface area contributed by atoms with Crippen molar-refractivity contribution in [1.82, 2.24) is 10.3 Å². The molecule has 0 unspecified atom stereocenters. The molecule has 1 aromatic rings. The van der Waals surface area contributed by atoms with Crippen molar-refractivity contribution in [1.29, 1.82) is 0 Å². The Kier molecular flexibility index (Phi) is 3.46. The van der Waals surface area contributed by atoms with Gasteiger partial charge in [-0.05, 0) is 38.8 Å². The maximum atomic E-state index is 5.57. The van der Waals surface area contributed by atoms with Crippen LogP contribution in [0.5, 0.6) is 0 Å². The van der Waals surface area contributed by atoms with E-state index in [0.29, 0.717) is 0 Å². The van der Waals surface area contributed by atoms with Crippen molar-refractivity contribution in [2.45, 2.75) is 44.8 Å². The van der Waals surface area contributed by atoms with E-state index in [1.165, 1.54) is 12.8 Å². The van der Waals surface area contributed by atoms with Gasteiger partial charge < -0.3 is 15.0 Å². The number of pyridine rings is 1. The van der Waals surface area contributed by atoms with E-state index in [-0.39, 0.29) is 5.54 Å². The van der Waals surface area contributed by atoms with Crippen molar-refractivity contribution in [3.63, 3.8) is 0 Å². The predicted molar refractivity (Wildman–Crippen MR) is 76.3 cm³/mol. The molecule has 1 saturated carbocycles. The second-order valence-corrected chi connectivity index (χ2v) is 6.16. The molecule has 19 heavy (non-hydrogen) atoms. The summed E-state index contributed by atoms with van der Waals surface area (Å²) >= 11 is 0. The Morgan fingerprint density at radius 2 is 2.26 bits per heavy atom. The maximum Gasteiger partial charge on any atom is 0.129 e. The molecule has 2 fully saturated rings. The lowest BCUT2D eigenvalue weighted by atomic mass is 10.0. The molecule has 0 bridgehead atoms. The lowest BCUT2D eigenvalue weighted by Gasteiger charge is -2.43. The smallest absolute Gasteiger partial charge is 0.129 e. The number of nitrogens with one attached hydrogen (secondary N) is 1. The molecule has 0 radical (unpaired) electrons. The molecule has 1 aliphatic carbocycles. The van der Waals surface area contributed by atoms with Crippen LogP contribution in [0.1, 0.15) is 32.4 Å². The summed E-state index contributed by atoms with van der Waals surface area (Å²) in [6, 6.07) is 7.04. The first-order chi connectivity index (χ1) is 9.15. The number of hydrogen-bond acceptors (Lipinski definition) is 4. The number of anilines is 1. The molecule has 1 aliphatic heterocycles. The van der Waals surface area contributed by atoms with E-state index in [4.69, 9.17) is 9.72 Å². The SMILES string of the molecule is CC1(C)COCCN1c1cccc(CNC2CC2)n1. The zero-order chi connectivity index (χ0) is 13.3. The van der Waals surface area contributed by atoms with E-state index < -0.39 is 0 Å². The van der Waals surface area contributed by atoms with Gasteiger partial charge >= 0.3 is 0 Å². The average molecular weight is 261 g/mol. The Morgan fingerprint density at radius 1 is 1.42 bits per heavy atom. The topological polar surface area (TPSA) is 37.4 Å². The average Bonchev–Trinajstić information content (AvgIpc) is 3.20. The normalized spacial score (nSPS) is 22.5. The van der Waals surface area contributed by atoms with Crippen molar-refractivity contribution < 1.29 is 4.74 Å². The summed E-state index contributed by atoms with van der Waals surface area (Å²) in [5.41, 5.74) is 1.15. The molecule has 1 saturated heterocycles.